The molecule has 0 spiro atoms. The van der Waals surface area contributed by atoms with Gasteiger partial charge in [0, 0.05) is 36.2 Å². The zero-order chi connectivity index (χ0) is 12.9. The van der Waals surface area contributed by atoms with Crippen molar-refractivity contribution in [3.63, 3.8) is 0 Å². The molecule has 0 fully saturated rings. The Labute approximate surface area is 109 Å². The molecule has 1 rings (SSSR count). The van der Waals surface area contributed by atoms with E-state index in [1.165, 1.54) is 0 Å². The highest BCUT2D eigenvalue weighted by molar-refractivity contribution is 8.00. The summed E-state index contributed by atoms with van der Waals surface area (Å²) in [7, 11) is 1.91. The molecule has 0 amide bonds. The average Bonchev–Trinajstić information content (AvgIpc) is 2.60. The number of hydrogen-bond acceptors (Lipinski definition) is 4. The summed E-state index contributed by atoms with van der Waals surface area (Å²) >= 11 is 1.99. The molecule has 0 bridgehead atoms. The summed E-state index contributed by atoms with van der Waals surface area (Å²) in [5.41, 5.74) is 1.06. The molecule has 0 radical (unpaired) electrons. The molecule has 1 N–H and O–H groups in total. The number of rotatable bonds is 6. The zero-order valence-electron chi connectivity index (χ0n) is 11.5. The standard InChI is InChI=1S/C12H24N4S/c1-6-13-11(9-17-12(2,3)4)7-10-8-16(5)15-14-10/h8,11,13H,6-7,9H2,1-5H3. The zero-order valence-corrected chi connectivity index (χ0v) is 12.3. The molecule has 0 aliphatic carbocycles. The topological polar surface area (TPSA) is 42.7 Å². The van der Waals surface area contributed by atoms with Gasteiger partial charge in [-0.2, -0.15) is 11.8 Å². The van der Waals surface area contributed by atoms with E-state index >= 15 is 0 Å². The Morgan fingerprint density at radius 3 is 2.65 bits per heavy atom. The van der Waals surface area contributed by atoms with Gasteiger partial charge >= 0.3 is 0 Å². The number of likely N-dealkylation sites (N-methyl/N-ethyl adjacent to an activating group) is 1. The van der Waals surface area contributed by atoms with Crippen molar-refractivity contribution >= 4 is 11.8 Å². The highest BCUT2D eigenvalue weighted by atomic mass is 32.2. The Bertz CT molecular complexity index is 329. The lowest BCUT2D eigenvalue weighted by molar-refractivity contribution is 0.564. The van der Waals surface area contributed by atoms with E-state index in [0.29, 0.717) is 10.8 Å². The molecule has 4 nitrogen and oxygen atoms in total. The monoisotopic (exact) mass is 256 g/mol. The van der Waals surface area contributed by atoms with Crippen LogP contribution in [-0.4, -0.2) is 38.1 Å². The van der Waals surface area contributed by atoms with E-state index in [9.17, 15) is 0 Å². The van der Waals surface area contributed by atoms with Gasteiger partial charge in [0.05, 0.1) is 5.69 Å². The van der Waals surface area contributed by atoms with Crippen molar-refractivity contribution in [3.05, 3.63) is 11.9 Å². The summed E-state index contributed by atoms with van der Waals surface area (Å²) in [4.78, 5) is 0. The van der Waals surface area contributed by atoms with E-state index in [4.69, 9.17) is 0 Å². The molecule has 98 valence electrons. The summed E-state index contributed by atoms with van der Waals surface area (Å²) in [6, 6.07) is 0.473. The first kappa shape index (κ1) is 14.5. The van der Waals surface area contributed by atoms with Crippen molar-refractivity contribution in [1.82, 2.24) is 20.3 Å². The Morgan fingerprint density at radius 2 is 2.18 bits per heavy atom. The predicted octanol–water partition coefficient (Wildman–Crippen LogP) is 1.87. The maximum Gasteiger partial charge on any atom is 0.0842 e. The third-order valence-corrected chi connectivity index (χ3v) is 3.75. The molecule has 1 heterocycles. The second kappa shape index (κ2) is 6.40. The van der Waals surface area contributed by atoms with Gasteiger partial charge in [-0.05, 0) is 6.54 Å². The molecule has 0 saturated carbocycles. The normalized spacial score (nSPS) is 13.9. The van der Waals surface area contributed by atoms with Crippen LogP contribution in [0, 0.1) is 0 Å². The van der Waals surface area contributed by atoms with Gasteiger partial charge in [-0.15, -0.1) is 5.10 Å². The number of aryl methyl sites for hydroxylation is 1. The Balaban J connectivity index is 2.48. The van der Waals surface area contributed by atoms with Crippen LogP contribution in [0.5, 0.6) is 0 Å². The lowest BCUT2D eigenvalue weighted by Gasteiger charge is -2.23. The van der Waals surface area contributed by atoms with Crippen molar-refractivity contribution in [2.24, 2.45) is 7.05 Å². The minimum absolute atomic E-state index is 0.316. The van der Waals surface area contributed by atoms with Gasteiger partial charge in [-0.1, -0.05) is 32.9 Å². The largest absolute Gasteiger partial charge is 0.313 e. The number of aromatic nitrogens is 3. The van der Waals surface area contributed by atoms with Crippen LogP contribution in [-0.2, 0) is 13.5 Å². The summed E-state index contributed by atoms with van der Waals surface area (Å²) in [5, 5.41) is 11.6. The van der Waals surface area contributed by atoms with E-state index in [2.05, 4.69) is 43.3 Å². The molecule has 17 heavy (non-hydrogen) atoms. The van der Waals surface area contributed by atoms with Crippen LogP contribution in [0.3, 0.4) is 0 Å². The smallest absolute Gasteiger partial charge is 0.0842 e. The van der Waals surface area contributed by atoms with Gasteiger partial charge in [-0.25, -0.2) is 0 Å². The van der Waals surface area contributed by atoms with Crippen molar-refractivity contribution in [1.29, 1.82) is 0 Å². The van der Waals surface area contributed by atoms with Gasteiger partial charge in [-0.3, -0.25) is 4.68 Å². The van der Waals surface area contributed by atoms with E-state index in [1.54, 1.807) is 4.68 Å². The Morgan fingerprint density at radius 1 is 1.47 bits per heavy atom. The second-order valence-corrected chi connectivity index (χ2v) is 7.11. The molecular weight excluding hydrogens is 232 g/mol. The average molecular weight is 256 g/mol. The van der Waals surface area contributed by atoms with Crippen molar-refractivity contribution < 1.29 is 0 Å². The molecule has 0 aromatic carbocycles. The lowest BCUT2D eigenvalue weighted by atomic mass is 10.2. The fourth-order valence-electron chi connectivity index (χ4n) is 1.57. The van der Waals surface area contributed by atoms with Crippen LogP contribution in [0.2, 0.25) is 0 Å². The molecule has 1 unspecified atom stereocenters. The van der Waals surface area contributed by atoms with E-state index in [0.717, 1.165) is 24.4 Å². The Hall–Kier alpha value is -0.550. The fraction of sp³-hybridized carbons (Fsp3) is 0.833. The van der Waals surface area contributed by atoms with Gasteiger partial charge < -0.3 is 5.32 Å². The summed E-state index contributed by atoms with van der Waals surface area (Å²) < 4.78 is 2.07. The first-order valence-electron chi connectivity index (χ1n) is 6.13. The highest BCUT2D eigenvalue weighted by Gasteiger charge is 2.16. The third kappa shape index (κ3) is 6.07. The van der Waals surface area contributed by atoms with Gasteiger partial charge in [0.15, 0.2) is 0 Å². The molecule has 0 saturated heterocycles. The number of thioether (sulfide) groups is 1. The molecule has 0 aliphatic heterocycles. The molecule has 5 heteroatoms. The van der Waals surface area contributed by atoms with Crippen LogP contribution in [0.4, 0.5) is 0 Å². The first-order chi connectivity index (χ1) is 7.90. The maximum atomic E-state index is 4.15. The molecule has 1 aromatic rings. The van der Waals surface area contributed by atoms with E-state index in [1.807, 2.05) is 25.0 Å². The van der Waals surface area contributed by atoms with E-state index < -0.39 is 0 Å². The van der Waals surface area contributed by atoms with Gasteiger partial charge in [0.25, 0.3) is 0 Å². The van der Waals surface area contributed by atoms with Crippen LogP contribution in [0.1, 0.15) is 33.4 Å². The summed E-state index contributed by atoms with van der Waals surface area (Å²) in [5.74, 6) is 1.11. The van der Waals surface area contributed by atoms with Gasteiger partial charge in [0.1, 0.15) is 0 Å². The lowest BCUT2D eigenvalue weighted by Crippen LogP contribution is -2.34. The van der Waals surface area contributed by atoms with Crippen molar-refractivity contribution in [3.8, 4) is 0 Å². The van der Waals surface area contributed by atoms with E-state index in [-0.39, 0.29) is 0 Å². The molecule has 1 atom stereocenters. The van der Waals surface area contributed by atoms with Crippen molar-refractivity contribution in [2.75, 3.05) is 12.3 Å². The predicted molar refractivity (Wildman–Crippen MR) is 74.4 cm³/mol. The minimum Gasteiger partial charge on any atom is -0.313 e. The van der Waals surface area contributed by atoms with Crippen molar-refractivity contribution in [2.45, 2.75) is 44.9 Å². The molecular formula is C12H24N4S. The number of nitrogens with zero attached hydrogens (tertiary/aromatic N) is 3. The highest BCUT2D eigenvalue weighted by Crippen LogP contribution is 2.24. The van der Waals surface area contributed by atoms with Crippen LogP contribution >= 0.6 is 11.8 Å². The Kier molecular flexibility index (Phi) is 5.46. The number of nitrogens with one attached hydrogen (secondary N) is 1. The van der Waals surface area contributed by atoms with Crippen LogP contribution in [0.25, 0.3) is 0 Å². The molecule has 1 aromatic heterocycles. The first-order valence-corrected chi connectivity index (χ1v) is 7.12. The maximum absolute atomic E-state index is 4.15. The van der Waals surface area contributed by atoms with Crippen LogP contribution in [0.15, 0.2) is 6.20 Å². The summed E-state index contributed by atoms with van der Waals surface area (Å²) in [6.07, 6.45) is 2.94. The van der Waals surface area contributed by atoms with Crippen LogP contribution < -0.4 is 5.32 Å². The molecule has 0 aliphatic rings. The SMILES string of the molecule is CCNC(CSC(C)(C)C)Cc1cn(C)nn1. The minimum atomic E-state index is 0.316. The van der Waals surface area contributed by atoms with Gasteiger partial charge in [0.2, 0.25) is 0 Å². The quantitative estimate of drug-likeness (QED) is 0.844. The second-order valence-electron chi connectivity index (χ2n) is 5.27. The third-order valence-electron chi connectivity index (χ3n) is 2.32. The number of hydrogen-bond donors (Lipinski definition) is 1. The fourth-order valence-corrected chi connectivity index (χ4v) is 2.51. The summed E-state index contributed by atoms with van der Waals surface area (Å²) in [6.45, 7) is 9.90.